The van der Waals surface area contributed by atoms with Gasteiger partial charge in [0.1, 0.15) is 5.82 Å². The summed E-state index contributed by atoms with van der Waals surface area (Å²) in [7, 11) is 0. The molecule has 6 heteroatoms. The molecule has 4 nitrogen and oxygen atoms in total. The molecule has 1 aliphatic heterocycles. The van der Waals surface area contributed by atoms with E-state index in [0.717, 1.165) is 30.0 Å². The minimum absolute atomic E-state index is 0.0483. The van der Waals surface area contributed by atoms with Gasteiger partial charge < -0.3 is 14.8 Å². The Labute approximate surface area is 191 Å². The minimum Gasteiger partial charge on any atom is -0.361 e. The van der Waals surface area contributed by atoms with Crippen molar-refractivity contribution >= 4 is 28.1 Å². The van der Waals surface area contributed by atoms with Crippen LogP contribution in [0.5, 0.6) is 0 Å². The van der Waals surface area contributed by atoms with Gasteiger partial charge in [-0.2, -0.15) is 0 Å². The van der Waals surface area contributed by atoms with Crippen molar-refractivity contribution in [2.75, 3.05) is 26.2 Å². The quantitative estimate of drug-likeness (QED) is 0.390. The van der Waals surface area contributed by atoms with Gasteiger partial charge in [0, 0.05) is 35.2 Å². The topological polar surface area (TPSA) is 39.3 Å². The molecule has 1 saturated heterocycles. The Morgan fingerprint density at radius 1 is 1.03 bits per heavy atom. The molecular formula is C26H26FN3OS. The van der Waals surface area contributed by atoms with Gasteiger partial charge in [0.15, 0.2) is 0 Å². The van der Waals surface area contributed by atoms with Gasteiger partial charge >= 0.3 is 0 Å². The zero-order valence-corrected chi connectivity index (χ0v) is 18.7. The van der Waals surface area contributed by atoms with E-state index < -0.39 is 0 Å². The highest BCUT2D eigenvalue weighted by Gasteiger charge is 2.20. The summed E-state index contributed by atoms with van der Waals surface area (Å²) < 4.78 is 13.4. The van der Waals surface area contributed by atoms with E-state index >= 15 is 0 Å². The SMILES string of the molecule is O=C(c1ccc(F)cc1)N(CCN1CCCC1)Cc1cc(-c2ccc3[nH]ccc3c2)cs1. The van der Waals surface area contributed by atoms with E-state index in [1.165, 1.54) is 41.5 Å². The molecule has 32 heavy (non-hydrogen) atoms. The third kappa shape index (κ3) is 4.61. The summed E-state index contributed by atoms with van der Waals surface area (Å²) in [6.45, 7) is 4.29. The number of likely N-dealkylation sites (tertiary alicyclic amines) is 1. The molecule has 2 aromatic carbocycles. The molecule has 0 saturated carbocycles. The van der Waals surface area contributed by atoms with E-state index in [1.54, 1.807) is 23.5 Å². The van der Waals surface area contributed by atoms with Crippen molar-refractivity contribution in [1.29, 1.82) is 0 Å². The van der Waals surface area contributed by atoms with Crippen molar-refractivity contribution in [2.45, 2.75) is 19.4 Å². The Kier molecular flexibility index (Phi) is 6.06. The van der Waals surface area contributed by atoms with Crippen LogP contribution in [-0.4, -0.2) is 46.9 Å². The van der Waals surface area contributed by atoms with Gasteiger partial charge in [-0.3, -0.25) is 4.79 Å². The van der Waals surface area contributed by atoms with Crippen LogP contribution in [0.2, 0.25) is 0 Å². The van der Waals surface area contributed by atoms with Crippen LogP contribution in [0.3, 0.4) is 0 Å². The first-order valence-corrected chi connectivity index (χ1v) is 12.0. The molecule has 1 N–H and O–H groups in total. The molecule has 0 atom stereocenters. The average molecular weight is 448 g/mol. The van der Waals surface area contributed by atoms with Crippen LogP contribution < -0.4 is 0 Å². The minimum atomic E-state index is -0.326. The van der Waals surface area contributed by atoms with Gasteiger partial charge in [-0.25, -0.2) is 4.39 Å². The summed E-state index contributed by atoms with van der Waals surface area (Å²) in [5.41, 5.74) is 4.00. The highest BCUT2D eigenvalue weighted by Crippen LogP contribution is 2.29. The number of rotatable bonds is 7. The maximum atomic E-state index is 13.4. The maximum Gasteiger partial charge on any atom is 0.254 e. The highest BCUT2D eigenvalue weighted by atomic mass is 32.1. The Morgan fingerprint density at radius 3 is 2.66 bits per heavy atom. The number of fused-ring (bicyclic) bond motifs is 1. The van der Waals surface area contributed by atoms with Gasteiger partial charge in [0.25, 0.3) is 5.91 Å². The molecule has 164 valence electrons. The molecule has 4 aromatic rings. The van der Waals surface area contributed by atoms with Crippen LogP contribution >= 0.6 is 11.3 Å². The zero-order valence-electron chi connectivity index (χ0n) is 17.9. The molecule has 1 aliphatic rings. The molecule has 3 heterocycles. The lowest BCUT2D eigenvalue weighted by Gasteiger charge is -2.25. The van der Waals surface area contributed by atoms with E-state index in [9.17, 15) is 9.18 Å². The van der Waals surface area contributed by atoms with E-state index in [0.29, 0.717) is 18.7 Å². The van der Waals surface area contributed by atoms with E-state index in [2.05, 4.69) is 45.6 Å². The summed E-state index contributed by atoms with van der Waals surface area (Å²) in [4.78, 5) is 21.9. The van der Waals surface area contributed by atoms with Gasteiger partial charge in [-0.1, -0.05) is 6.07 Å². The Morgan fingerprint density at radius 2 is 1.84 bits per heavy atom. The lowest BCUT2D eigenvalue weighted by Crippen LogP contribution is -2.37. The number of hydrogen-bond acceptors (Lipinski definition) is 3. The summed E-state index contributed by atoms with van der Waals surface area (Å²) in [6, 6.07) is 16.5. The second-order valence-electron chi connectivity index (χ2n) is 8.36. The fourth-order valence-corrected chi connectivity index (χ4v) is 5.24. The zero-order chi connectivity index (χ0) is 21.9. The van der Waals surface area contributed by atoms with Gasteiger partial charge in [0.05, 0.1) is 6.54 Å². The molecule has 0 aliphatic carbocycles. The largest absolute Gasteiger partial charge is 0.361 e. The molecule has 0 unspecified atom stereocenters. The number of hydrogen-bond donors (Lipinski definition) is 1. The number of H-pyrrole nitrogens is 1. The second kappa shape index (κ2) is 9.27. The third-order valence-corrected chi connectivity index (χ3v) is 7.07. The summed E-state index contributed by atoms with van der Waals surface area (Å²) in [5, 5.41) is 3.35. The lowest BCUT2D eigenvalue weighted by molar-refractivity contribution is 0.0729. The van der Waals surface area contributed by atoms with Gasteiger partial charge in [0.2, 0.25) is 0 Å². The first-order chi connectivity index (χ1) is 15.7. The molecule has 0 radical (unpaired) electrons. The van der Waals surface area contributed by atoms with Crippen molar-refractivity contribution in [2.24, 2.45) is 0 Å². The smallest absolute Gasteiger partial charge is 0.254 e. The van der Waals surface area contributed by atoms with E-state index in [4.69, 9.17) is 0 Å². The molecule has 5 rings (SSSR count). The number of nitrogens with one attached hydrogen (secondary N) is 1. The molecule has 2 aromatic heterocycles. The molecule has 1 amide bonds. The van der Waals surface area contributed by atoms with Crippen LogP contribution in [0.4, 0.5) is 4.39 Å². The van der Waals surface area contributed by atoms with Crippen LogP contribution in [0.15, 0.2) is 66.2 Å². The number of amides is 1. The molecule has 0 bridgehead atoms. The second-order valence-corrected chi connectivity index (χ2v) is 9.36. The standard InChI is InChI=1S/C26H26FN3OS/c27-23-6-3-19(4-7-23)26(31)30(14-13-29-11-1-2-12-29)17-24-16-22(18-32-24)20-5-8-25-21(15-20)9-10-28-25/h3-10,15-16,18,28H,1-2,11-14,17H2. The first kappa shape index (κ1) is 20.9. The predicted molar refractivity (Wildman–Crippen MR) is 128 cm³/mol. The van der Waals surface area contributed by atoms with E-state index in [1.807, 2.05) is 11.1 Å². The Bertz CT molecular complexity index is 1210. The lowest BCUT2D eigenvalue weighted by atomic mass is 10.1. The number of aromatic nitrogens is 1. The van der Waals surface area contributed by atoms with Crippen molar-refractivity contribution < 1.29 is 9.18 Å². The van der Waals surface area contributed by atoms with Crippen molar-refractivity contribution in [3.05, 3.63) is 82.4 Å². The summed E-state index contributed by atoms with van der Waals surface area (Å²) in [6.07, 6.45) is 4.41. The van der Waals surface area contributed by atoms with Crippen LogP contribution in [0, 0.1) is 5.82 Å². The highest BCUT2D eigenvalue weighted by molar-refractivity contribution is 7.10. The number of nitrogens with zero attached hydrogens (tertiary/aromatic N) is 2. The van der Waals surface area contributed by atoms with Gasteiger partial charge in [-0.15, -0.1) is 11.3 Å². The molecule has 1 fully saturated rings. The Balaban J connectivity index is 1.35. The first-order valence-electron chi connectivity index (χ1n) is 11.1. The monoisotopic (exact) mass is 447 g/mol. The van der Waals surface area contributed by atoms with Crippen LogP contribution in [0.25, 0.3) is 22.0 Å². The number of carbonyl (C=O) groups excluding carboxylic acids is 1. The number of aromatic amines is 1. The maximum absolute atomic E-state index is 13.4. The van der Waals surface area contributed by atoms with Gasteiger partial charge in [-0.05, 0) is 96.4 Å². The fraction of sp³-hybridized carbons (Fsp3) is 0.269. The third-order valence-electron chi connectivity index (χ3n) is 6.15. The number of benzene rings is 2. The predicted octanol–water partition coefficient (Wildman–Crippen LogP) is 5.77. The van der Waals surface area contributed by atoms with Crippen molar-refractivity contribution in [1.82, 2.24) is 14.8 Å². The van der Waals surface area contributed by atoms with Crippen LogP contribution in [0.1, 0.15) is 28.1 Å². The van der Waals surface area contributed by atoms with Crippen molar-refractivity contribution in [3.63, 3.8) is 0 Å². The molecule has 0 spiro atoms. The Hall–Kier alpha value is -2.96. The normalized spacial score (nSPS) is 14.3. The average Bonchev–Trinajstić information content (AvgIpc) is 3.58. The number of carbonyl (C=O) groups is 1. The van der Waals surface area contributed by atoms with E-state index in [-0.39, 0.29) is 11.7 Å². The van der Waals surface area contributed by atoms with Crippen molar-refractivity contribution in [3.8, 4) is 11.1 Å². The van der Waals surface area contributed by atoms with Crippen LogP contribution in [-0.2, 0) is 6.54 Å². The fourth-order valence-electron chi connectivity index (χ4n) is 4.33. The summed E-state index contributed by atoms with van der Waals surface area (Å²) in [5.74, 6) is -0.375. The number of thiophene rings is 1. The summed E-state index contributed by atoms with van der Waals surface area (Å²) >= 11 is 1.68. The molecular weight excluding hydrogens is 421 g/mol. The number of halogens is 1.